The zero-order valence-electron chi connectivity index (χ0n) is 16.5. The normalized spacial score (nSPS) is 15.1. The van der Waals surface area contributed by atoms with Gasteiger partial charge in [0.1, 0.15) is 17.4 Å². The Hall–Kier alpha value is -2.44. The van der Waals surface area contributed by atoms with Crippen molar-refractivity contribution in [3.05, 3.63) is 40.5 Å². The van der Waals surface area contributed by atoms with Crippen molar-refractivity contribution in [3.63, 3.8) is 0 Å². The molecule has 0 aliphatic carbocycles. The van der Waals surface area contributed by atoms with Crippen LogP contribution in [-0.2, 0) is 4.79 Å². The molecular formula is C22H22F2NO2P. The average Bonchev–Trinajstić information content (AvgIpc) is 2.63. The second-order valence-corrected chi connectivity index (χ2v) is 8.06. The van der Waals surface area contributed by atoms with Crippen LogP contribution in [0.4, 0.5) is 14.5 Å². The summed E-state index contributed by atoms with van der Waals surface area (Å²) in [5.41, 5.74) is 1.73. The van der Waals surface area contributed by atoms with Gasteiger partial charge in [-0.15, -0.1) is 15.7 Å². The molecule has 1 amide bonds. The Bertz CT molecular complexity index is 1020. The highest BCUT2D eigenvalue weighted by atomic mass is 31.0. The van der Waals surface area contributed by atoms with Gasteiger partial charge in [-0.2, -0.15) is 0 Å². The quantitative estimate of drug-likeness (QED) is 0.558. The van der Waals surface area contributed by atoms with Crippen molar-refractivity contribution in [1.82, 2.24) is 0 Å². The van der Waals surface area contributed by atoms with Gasteiger partial charge in [-0.1, -0.05) is 5.92 Å². The minimum Gasteiger partial charge on any atom is -0.476 e. The number of carbonyl (C=O) groups is 1. The van der Waals surface area contributed by atoms with Gasteiger partial charge in [0.2, 0.25) is 0 Å². The Morgan fingerprint density at radius 1 is 1.18 bits per heavy atom. The zero-order chi connectivity index (χ0) is 21.0. The molecule has 0 saturated heterocycles. The molecule has 0 radical (unpaired) electrons. The molecule has 6 heteroatoms. The highest BCUT2D eigenvalue weighted by Gasteiger charge is 2.41. The van der Waals surface area contributed by atoms with E-state index >= 15 is 8.78 Å². The lowest BCUT2D eigenvalue weighted by atomic mass is 9.92. The maximum absolute atomic E-state index is 15.1. The van der Waals surface area contributed by atoms with E-state index in [1.807, 2.05) is 13.8 Å². The molecule has 0 bridgehead atoms. The van der Waals surface area contributed by atoms with Gasteiger partial charge in [0.25, 0.3) is 5.91 Å². The van der Waals surface area contributed by atoms with Crippen molar-refractivity contribution in [2.45, 2.75) is 40.2 Å². The lowest BCUT2D eigenvalue weighted by Crippen LogP contribution is -2.52. The number of fused-ring (bicyclic) bond motifs is 1. The third kappa shape index (κ3) is 2.97. The van der Waals surface area contributed by atoms with Crippen molar-refractivity contribution in [1.29, 1.82) is 0 Å². The van der Waals surface area contributed by atoms with Crippen LogP contribution in [0, 0.1) is 44.7 Å². The summed E-state index contributed by atoms with van der Waals surface area (Å²) >= 11 is 0. The molecule has 1 heterocycles. The Labute approximate surface area is 166 Å². The first-order chi connectivity index (χ1) is 13.0. The molecule has 146 valence electrons. The summed E-state index contributed by atoms with van der Waals surface area (Å²) in [6.07, 6.45) is 5.43. The van der Waals surface area contributed by atoms with Crippen LogP contribution in [0.5, 0.6) is 5.75 Å². The number of hydrogen-bond acceptors (Lipinski definition) is 2. The summed E-state index contributed by atoms with van der Waals surface area (Å²) in [5.74, 6) is 1.19. The van der Waals surface area contributed by atoms with Gasteiger partial charge in [0.15, 0.2) is 5.60 Å². The maximum Gasteiger partial charge on any atom is 0.271 e. The maximum atomic E-state index is 15.1. The number of anilines is 1. The number of nitrogens with zero attached hydrogens (tertiary/aromatic N) is 1. The van der Waals surface area contributed by atoms with Gasteiger partial charge < -0.3 is 4.74 Å². The Kier molecular flexibility index (Phi) is 4.98. The molecule has 1 atom stereocenters. The first-order valence-electron chi connectivity index (χ1n) is 8.84. The van der Waals surface area contributed by atoms with Gasteiger partial charge in [-0.3, -0.25) is 9.69 Å². The average molecular weight is 401 g/mol. The third-order valence-corrected chi connectivity index (χ3v) is 6.03. The third-order valence-electron chi connectivity index (χ3n) is 5.34. The summed E-state index contributed by atoms with van der Waals surface area (Å²) < 4.78 is 35.9. The number of halogens is 2. The van der Waals surface area contributed by atoms with Crippen LogP contribution >= 0.6 is 9.24 Å². The van der Waals surface area contributed by atoms with Crippen LogP contribution in [0.15, 0.2) is 12.1 Å². The van der Waals surface area contributed by atoms with Crippen LogP contribution in [0.1, 0.15) is 30.5 Å². The van der Waals surface area contributed by atoms with Crippen molar-refractivity contribution >= 4 is 26.1 Å². The van der Waals surface area contributed by atoms with Gasteiger partial charge in [-0.05, 0) is 57.4 Å². The molecule has 3 rings (SSSR count). The van der Waals surface area contributed by atoms with E-state index in [0.29, 0.717) is 16.6 Å². The molecular weight excluding hydrogens is 379 g/mol. The first kappa shape index (κ1) is 20.3. The molecule has 0 N–H and O–H groups in total. The standard InChI is InChI=1S/C22H22F2NO2P/c1-7-8-25-16-9-14(15(23)10-17(16)27-22(5,6)21(25)26)18-12(3)11(2)13(4)20(28)19(18)24/h1,9-10H,8,28H2,2-6H3. The van der Waals surface area contributed by atoms with Crippen LogP contribution in [0.2, 0.25) is 0 Å². The summed E-state index contributed by atoms with van der Waals surface area (Å²) in [4.78, 5) is 14.1. The molecule has 2 aromatic rings. The lowest BCUT2D eigenvalue weighted by molar-refractivity contribution is -0.132. The van der Waals surface area contributed by atoms with Crippen LogP contribution < -0.4 is 14.9 Å². The molecule has 2 aromatic carbocycles. The van der Waals surface area contributed by atoms with Crippen molar-refractivity contribution < 1.29 is 18.3 Å². The van der Waals surface area contributed by atoms with E-state index in [-0.39, 0.29) is 29.3 Å². The highest BCUT2D eigenvalue weighted by Crippen LogP contribution is 2.43. The predicted octanol–water partition coefficient (Wildman–Crippen LogP) is 4.19. The molecule has 0 fully saturated rings. The minimum absolute atomic E-state index is 0.00691. The number of carbonyl (C=O) groups excluding carboxylic acids is 1. The zero-order valence-corrected chi connectivity index (χ0v) is 17.7. The van der Waals surface area contributed by atoms with Gasteiger partial charge in [0.05, 0.1) is 12.2 Å². The molecule has 28 heavy (non-hydrogen) atoms. The number of amides is 1. The fraction of sp³-hybridized carbons (Fsp3) is 0.318. The monoisotopic (exact) mass is 401 g/mol. The lowest BCUT2D eigenvalue weighted by Gasteiger charge is -2.38. The van der Waals surface area contributed by atoms with Gasteiger partial charge >= 0.3 is 0 Å². The van der Waals surface area contributed by atoms with Crippen LogP contribution in [0.25, 0.3) is 11.1 Å². The second kappa shape index (κ2) is 6.87. The predicted molar refractivity (Wildman–Crippen MR) is 111 cm³/mol. The van der Waals surface area contributed by atoms with Crippen LogP contribution in [-0.4, -0.2) is 18.1 Å². The Morgan fingerprint density at radius 2 is 1.82 bits per heavy atom. The van der Waals surface area contributed by atoms with Gasteiger partial charge in [-0.25, -0.2) is 8.78 Å². The minimum atomic E-state index is -1.17. The largest absolute Gasteiger partial charge is 0.476 e. The number of terminal acetylenes is 1. The van der Waals surface area contributed by atoms with E-state index in [4.69, 9.17) is 11.2 Å². The summed E-state index contributed by atoms with van der Waals surface area (Å²) in [6, 6.07) is 2.64. The molecule has 3 nitrogen and oxygen atoms in total. The summed E-state index contributed by atoms with van der Waals surface area (Å²) in [5, 5.41) is 0.393. The van der Waals surface area contributed by atoms with E-state index in [0.717, 1.165) is 11.1 Å². The number of rotatable bonds is 2. The Balaban J connectivity index is 2.32. The highest BCUT2D eigenvalue weighted by molar-refractivity contribution is 7.27. The molecule has 0 spiro atoms. The first-order valence-corrected chi connectivity index (χ1v) is 9.42. The molecule has 0 aromatic heterocycles. The Morgan fingerprint density at radius 3 is 2.43 bits per heavy atom. The molecule has 0 saturated carbocycles. The fourth-order valence-corrected chi connectivity index (χ4v) is 3.84. The van der Waals surface area contributed by atoms with E-state index in [9.17, 15) is 4.79 Å². The van der Waals surface area contributed by atoms with E-state index < -0.39 is 17.2 Å². The topological polar surface area (TPSA) is 29.5 Å². The van der Waals surface area contributed by atoms with Gasteiger partial charge in [0, 0.05) is 22.5 Å². The van der Waals surface area contributed by atoms with E-state index in [1.54, 1.807) is 20.8 Å². The van der Waals surface area contributed by atoms with Crippen molar-refractivity contribution in [2.75, 3.05) is 11.4 Å². The van der Waals surface area contributed by atoms with E-state index in [2.05, 4.69) is 15.2 Å². The summed E-state index contributed by atoms with van der Waals surface area (Å²) in [6.45, 7) is 8.66. The number of hydrogen-bond donors (Lipinski definition) is 0. The van der Waals surface area contributed by atoms with Crippen molar-refractivity contribution in [2.24, 2.45) is 0 Å². The molecule has 1 unspecified atom stereocenters. The molecule has 1 aliphatic rings. The van der Waals surface area contributed by atoms with Crippen LogP contribution in [0.3, 0.4) is 0 Å². The summed E-state index contributed by atoms with van der Waals surface area (Å²) in [7, 11) is 2.38. The van der Waals surface area contributed by atoms with Crippen molar-refractivity contribution in [3.8, 4) is 29.2 Å². The van der Waals surface area contributed by atoms with E-state index in [1.165, 1.54) is 17.0 Å². The SMILES string of the molecule is C#CCN1C(=O)C(C)(C)Oc2cc(F)c(-c3c(C)c(C)c(C)c(P)c3F)cc21. The second-order valence-electron chi connectivity index (χ2n) is 7.49. The fourth-order valence-electron chi connectivity index (χ4n) is 3.48. The number of ether oxygens (including phenoxy) is 1. The molecule has 1 aliphatic heterocycles. The number of benzene rings is 2. The smallest absolute Gasteiger partial charge is 0.271 e.